The highest BCUT2D eigenvalue weighted by Gasteiger charge is 1.98. The number of nitrogens with one attached hydrogen (secondary N) is 2. The first-order valence-corrected chi connectivity index (χ1v) is 5.93. The molecule has 0 aliphatic carbocycles. The molecule has 1 aromatic rings. The fourth-order valence-electron chi connectivity index (χ4n) is 1.14. The molecule has 0 aliphatic rings. The van der Waals surface area contributed by atoms with Crippen LogP contribution in [-0.2, 0) is 4.79 Å². The van der Waals surface area contributed by atoms with Gasteiger partial charge in [0.2, 0.25) is 5.91 Å². The van der Waals surface area contributed by atoms with Crippen molar-refractivity contribution in [3.63, 3.8) is 0 Å². The summed E-state index contributed by atoms with van der Waals surface area (Å²) < 4.78 is 0. The third-order valence-corrected chi connectivity index (χ3v) is 2.91. The smallest absolute Gasteiger partial charge is 0.233 e. The Morgan fingerprint density at radius 3 is 3.07 bits per heavy atom. The Morgan fingerprint density at radius 2 is 2.40 bits per heavy atom. The van der Waals surface area contributed by atoms with E-state index >= 15 is 0 Å². The van der Waals surface area contributed by atoms with Crippen LogP contribution in [0.3, 0.4) is 0 Å². The number of hydrazine groups is 1. The van der Waals surface area contributed by atoms with Gasteiger partial charge in [-0.1, -0.05) is 18.2 Å². The zero-order valence-corrected chi connectivity index (χ0v) is 9.35. The van der Waals surface area contributed by atoms with Gasteiger partial charge in [0, 0.05) is 24.6 Å². The van der Waals surface area contributed by atoms with E-state index in [1.54, 1.807) is 18.0 Å². The van der Waals surface area contributed by atoms with Crippen LogP contribution in [0, 0.1) is 0 Å². The molecule has 6 heteroatoms. The number of carbonyl (C=O) groups excluding carboxylic acids is 1. The van der Waals surface area contributed by atoms with Gasteiger partial charge in [0.05, 0.1) is 0 Å². The summed E-state index contributed by atoms with van der Waals surface area (Å²) in [4.78, 5) is 17.9. The predicted molar refractivity (Wildman–Crippen MR) is 60.1 cm³/mol. The van der Waals surface area contributed by atoms with Crippen LogP contribution >= 0.6 is 11.8 Å². The highest BCUT2D eigenvalue weighted by atomic mass is 32.2. The first-order valence-electron chi connectivity index (χ1n) is 4.94. The second kappa shape index (κ2) is 7.30. The average Bonchev–Trinajstić information content (AvgIpc) is 2.75. The third-order valence-electron chi connectivity index (χ3n) is 1.92. The molecule has 0 aliphatic heterocycles. The lowest BCUT2D eigenvalue weighted by atomic mass is 10.2. The largest absolute Gasteiger partial charge is 0.340 e. The van der Waals surface area contributed by atoms with E-state index in [9.17, 15) is 4.79 Å². The van der Waals surface area contributed by atoms with Gasteiger partial charge in [-0.15, -0.1) is 0 Å². The number of carbonyl (C=O) groups is 1. The summed E-state index contributed by atoms with van der Waals surface area (Å²) in [5.74, 6) is 5.90. The lowest BCUT2D eigenvalue weighted by Gasteiger charge is -1.99. The number of amides is 1. The summed E-state index contributed by atoms with van der Waals surface area (Å²) in [7, 11) is 0. The molecule has 1 aromatic heterocycles. The van der Waals surface area contributed by atoms with Gasteiger partial charge in [-0.05, 0) is 12.8 Å². The van der Waals surface area contributed by atoms with E-state index < -0.39 is 0 Å². The molecule has 0 saturated carbocycles. The molecule has 15 heavy (non-hydrogen) atoms. The number of nitrogens with two attached hydrogens (primary N) is 1. The van der Waals surface area contributed by atoms with Gasteiger partial charge in [0.15, 0.2) is 5.16 Å². The number of rotatable bonds is 7. The topological polar surface area (TPSA) is 83.8 Å². The van der Waals surface area contributed by atoms with Crippen molar-refractivity contribution in [2.75, 3.05) is 5.75 Å². The summed E-state index contributed by atoms with van der Waals surface area (Å²) in [6.07, 6.45) is 7.09. The number of aromatic amines is 1. The third kappa shape index (κ3) is 5.44. The SMILES string of the molecule is NNC(=O)CCCCCSc1ncc[nH]1. The van der Waals surface area contributed by atoms with Crippen molar-refractivity contribution in [2.24, 2.45) is 5.84 Å². The number of imidazole rings is 1. The van der Waals surface area contributed by atoms with E-state index in [1.165, 1.54) is 0 Å². The maximum Gasteiger partial charge on any atom is 0.233 e. The van der Waals surface area contributed by atoms with Gasteiger partial charge in [-0.25, -0.2) is 10.8 Å². The van der Waals surface area contributed by atoms with E-state index in [4.69, 9.17) is 5.84 Å². The molecule has 0 saturated heterocycles. The normalized spacial score (nSPS) is 10.2. The number of hydrogen-bond donors (Lipinski definition) is 3. The van der Waals surface area contributed by atoms with E-state index in [0.29, 0.717) is 6.42 Å². The molecule has 0 atom stereocenters. The molecule has 0 fully saturated rings. The Labute approximate surface area is 93.2 Å². The predicted octanol–water partition coefficient (Wildman–Crippen LogP) is 1.05. The Hall–Kier alpha value is -1.01. The van der Waals surface area contributed by atoms with Crippen molar-refractivity contribution >= 4 is 17.7 Å². The summed E-state index contributed by atoms with van der Waals surface area (Å²) >= 11 is 1.70. The minimum Gasteiger partial charge on any atom is -0.340 e. The number of nitrogens with zero attached hydrogens (tertiary/aromatic N) is 1. The monoisotopic (exact) mass is 228 g/mol. The van der Waals surface area contributed by atoms with Crippen molar-refractivity contribution in [3.05, 3.63) is 12.4 Å². The quantitative estimate of drug-likeness (QED) is 0.214. The van der Waals surface area contributed by atoms with Crippen LogP contribution in [0.5, 0.6) is 0 Å². The standard InChI is InChI=1S/C9H16N4OS/c10-13-8(14)4-2-1-3-7-15-9-11-5-6-12-9/h5-6H,1-4,7,10H2,(H,11,12)(H,13,14). The van der Waals surface area contributed by atoms with E-state index in [-0.39, 0.29) is 5.91 Å². The molecule has 5 nitrogen and oxygen atoms in total. The highest BCUT2D eigenvalue weighted by molar-refractivity contribution is 7.99. The zero-order valence-electron chi connectivity index (χ0n) is 8.53. The van der Waals surface area contributed by atoms with Gasteiger partial charge in [-0.2, -0.15) is 0 Å². The van der Waals surface area contributed by atoms with Crippen molar-refractivity contribution in [3.8, 4) is 0 Å². The van der Waals surface area contributed by atoms with Crippen molar-refractivity contribution in [2.45, 2.75) is 30.8 Å². The Morgan fingerprint density at radius 1 is 1.53 bits per heavy atom. The van der Waals surface area contributed by atoms with Crippen molar-refractivity contribution in [1.82, 2.24) is 15.4 Å². The van der Waals surface area contributed by atoms with Crippen LogP contribution in [0.15, 0.2) is 17.6 Å². The van der Waals surface area contributed by atoms with Crippen LogP contribution in [-0.4, -0.2) is 21.6 Å². The summed E-state index contributed by atoms with van der Waals surface area (Å²) in [6, 6.07) is 0. The lowest BCUT2D eigenvalue weighted by molar-refractivity contribution is -0.121. The second-order valence-electron chi connectivity index (χ2n) is 3.12. The molecule has 0 unspecified atom stereocenters. The first-order chi connectivity index (χ1) is 7.33. The van der Waals surface area contributed by atoms with E-state index in [1.807, 2.05) is 6.20 Å². The zero-order chi connectivity index (χ0) is 10.9. The number of thioether (sulfide) groups is 1. The first kappa shape index (κ1) is 12.1. The van der Waals surface area contributed by atoms with Crippen LogP contribution in [0.2, 0.25) is 0 Å². The van der Waals surface area contributed by atoms with Crippen LogP contribution in [0.1, 0.15) is 25.7 Å². The molecule has 1 heterocycles. The molecule has 0 aromatic carbocycles. The van der Waals surface area contributed by atoms with Crippen LogP contribution < -0.4 is 11.3 Å². The minimum atomic E-state index is -0.0892. The van der Waals surface area contributed by atoms with E-state index in [2.05, 4.69) is 15.4 Å². The fraction of sp³-hybridized carbons (Fsp3) is 0.556. The highest BCUT2D eigenvalue weighted by Crippen LogP contribution is 2.14. The molecular weight excluding hydrogens is 212 g/mol. The van der Waals surface area contributed by atoms with Gasteiger partial charge in [0.1, 0.15) is 0 Å². The van der Waals surface area contributed by atoms with Gasteiger partial charge in [0.25, 0.3) is 0 Å². The average molecular weight is 228 g/mol. The van der Waals surface area contributed by atoms with Crippen LogP contribution in [0.25, 0.3) is 0 Å². The van der Waals surface area contributed by atoms with Gasteiger partial charge >= 0.3 is 0 Å². The van der Waals surface area contributed by atoms with Gasteiger partial charge in [-0.3, -0.25) is 10.2 Å². The minimum absolute atomic E-state index is 0.0892. The Bertz CT molecular complexity index is 276. The Balaban J connectivity index is 1.91. The molecular formula is C9H16N4OS. The van der Waals surface area contributed by atoms with E-state index in [0.717, 1.165) is 30.2 Å². The van der Waals surface area contributed by atoms with Crippen molar-refractivity contribution in [1.29, 1.82) is 0 Å². The molecule has 0 spiro atoms. The lowest BCUT2D eigenvalue weighted by Crippen LogP contribution is -2.29. The second-order valence-corrected chi connectivity index (χ2v) is 4.20. The summed E-state index contributed by atoms with van der Waals surface area (Å²) in [5, 5.41) is 0.953. The number of aromatic nitrogens is 2. The molecule has 1 amide bonds. The molecule has 84 valence electrons. The van der Waals surface area contributed by atoms with Gasteiger partial charge < -0.3 is 4.98 Å². The maximum atomic E-state index is 10.8. The number of hydrogen-bond acceptors (Lipinski definition) is 4. The molecule has 1 rings (SSSR count). The summed E-state index contributed by atoms with van der Waals surface area (Å²) in [5.41, 5.74) is 2.12. The maximum absolute atomic E-state index is 10.8. The Kier molecular flexibility index (Phi) is 5.87. The van der Waals surface area contributed by atoms with Crippen LogP contribution in [0.4, 0.5) is 0 Å². The molecule has 0 bridgehead atoms. The number of H-pyrrole nitrogens is 1. The fourth-order valence-corrected chi connectivity index (χ4v) is 1.96. The molecule has 0 radical (unpaired) electrons. The van der Waals surface area contributed by atoms with Crippen molar-refractivity contribution < 1.29 is 4.79 Å². The summed E-state index contributed by atoms with van der Waals surface area (Å²) in [6.45, 7) is 0. The molecule has 4 N–H and O–H groups in total. The number of unbranched alkanes of at least 4 members (excludes halogenated alkanes) is 2.